The Morgan fingerprint density at radius 3 is 1.17 bits per heavy atom. The summed E-state index contributed by atoms with van der Waals surface area (Å²) in [6.45, 7) is 10.6. The molecule has 0 atom stereocenters. The Labute approximate surface area is 51.8 Å². The summed E-state index contributed by atoms with van der Waals surface area (Å²) >= 11 is 0. The SMILES string of the molecule is [CH2-][Si](C)(C)C.[Mn]. The zero-order chi connectivity index (χ0) is 4.50. The topological polar surface area (TPSA) is 0 Å². The van der Waals surface area contributed by atoms with Gasteiger partial charge in [-0.2, -0.15) is 0 Å². The Bertz CT molecular complexity index is 23.0. The largest absolute Gasteiger partial charge is 0.342 e. The minimum Gasteiger partial charge on any atom is -0.342 e. The molecule has 0 unspecified atom stereocenters. The molecular weight excluding hydrogens is 131 g/mol. The van der Waals surface area contributed by atoms with Crippen molar-refractivity contribution >= 4 is 8.07 Å². The molecule has 0 saturated heterocycles. The molecule has 2 heteroatoms. The second kappa shape index (κ2) is 2.84. The molecule has 6 heavy (non-hydrogen) atoms. The maximum atomic E-state index is 3.91. The van der Waals surface area contributed by atoms with Crippen LogP contribution < -0.4 is 0 Å². The van der Waals surface area contributed by atoms with Crippen LogP contribution in [0.4, 0.5) is 0 Å². The van der Waals surface area contributed by atoms with Crippen LogP contribution in [0.25, 0.3) is 0 Å². The van der Waals surface area contributed by atoms with Crippen LogP contribution >= 0.6 is 0 Å². The fraction of sp³-hybridized carbons (Fsp3) is 0.750. The minimum atomic E-state index is -0.861. The van der Waals surface area contributed by atoms with E-state index >= 15 is 0 Å². The summed E-state index contributed by atoms with van der Waals surface area (Å²) < 4.78 is 0. The van der Waals surface area contributed by atoms with Crippen LogP contribution in [-0.4, -0.2) is 8.07 Å². The Balaban J connectivity index is 0. The van der Waals surface area contributed by atoms with E-state index in [1.807, 2.05) is 0 Å². The van der Waals surface area contributed by atoms with Gasteiger partial charge in [0.1, 0.15) is 0 Å². The molecule has 0 nitrogen and oxygen atoms in total. The average molecular weight is 142 g/mol. The Morgan fingerprint density at radius 2 is 1.17 bits per heavy atom. The molecule has 0 aliphatic heterocycles. The third kappa shape index (κ3) is 122. The van der Waals surface area contributed by atoms with Gasteiger partial charge in [-0.1, -0.05) is 19.6 Å². The average Bonchev–Trinajstić information content (AvgIpc) is 0.722. The van der Waals surface area contributed by atoms with Crippen LogP contribution in [0, 0.1) is 6.55 Å². The van der Waals surface area contributed by atoms with E-state index in [9.17, 15) is 0 Å². The zero-order valence-electron chi connectivity index (χ0n) is 4.59. The zero-order valence-corrected chi connectivity index (χ0v) is 6.77. The summed E-state index contributed by atoms with van der Waals surface area (Å²) in [6.07, 6.45) is 0. The Hall–Kier alpha value is 0.736. The molecule has 0 heterocycles. The van der Waals surface area contributed by atoms with Gasteiger partial charge in [-0.3, -0.25) is 0 Å². The number of hydrogen-bond donors (Lipinski definition) is 0. The van der Waals surface area contributed by atoms with Gasteiger partial charge in [-0.25, -0.2) is 0 Å². The van der Waals surface area contributed by atoms with E-state index in [2.05, 4.69) is 26.2 Å². The van der Waals surface area contributed by atoms with E-state index in [1.54, 1.807) is 0 Å². The quantitative estimate of drug-likeness (QED) is 0.356. The van der Waals surface area contributed by atoms with Crippen molar-refractivity contribution in [3.8, 4) is 0 Å². The van der Waals surface area contributed by atoms with Crippen LogP contribution in [-0.2, 0) is 17.1 Å². The van der Waals surface area contributed by atoms with Crippen LogP contribution in [0.5, 0.6) is 0 Å². The summed E-state index contributed by atoms with van der Waals surface area (Å²) in [6, 6.07) is 0. The van der Waals surface area contributed by atoms with Gasteiger partial charge in [-0.15, -0.1) is 8.07 Å². The van der Waals surface area contributed by atoms with Crippen LogP contribution in [0.1, 0.15) is 0 Å². The Morgan fingerprint density at radius 1 is 1.17 bits per heavy atom. The second-order valence-corrected chi connectivity index (χ2v) is 7.68. The number of hydrogen-bond acceptors (Lipinski definition) is 0. The first kappa shape index (κ1) is 9.88. The Kier molecular flexibility index (Phi) is 4.67. The van der Waals surface area contributed by atoms with Gasteiger partial charge < -0.3 is 6.55 Å². The molecule has 0 saturated carbocycles. The van der Waals surface area contributed by atoms with Crippen molar-refractivity contribution in [2.24, 2.45) is 0 Å². The van der Waals surface area contributed by atoms with Crippen molar-refractivity contribution in [1.29, 1.82) is 0 Å². The minimum absolute atomic E-state index is 0. The first-order valence-corrected chi connectivity index (χ1v) is 5.56. The molecule has 0 N–H and O–H groups in total. The van der Waals surface area contributed by atoms with Crippen molar-refractivity contribution in [2.45, 2.75) is 19.6 Å². The molecule has 0 spiro atoms. The smallest absolute Gasteiger partial charge is 0 e. The molecule has 0 aromatic carbocycles. The molecule has 39 valence electrons. The van der Waals surface area contributed by atoms with E-state index in [-0.39, 0.29) is 17.1 Å². The monoisotopic (exact) mass is 142 g/mol. The maximum Gasteiger partial charge on any atom is 0 e. The summed E-state index contributed by atoms with van der Waals surface area (Å²) in [5, 5.41) is 0. The van der Waals surface area contributed by atoms with Crippen LogP contribution in [0.3, 0.4) is 0 Å². The summed E-state index contributed by atoms with van der Waals surface area (Å²) in [4.78, 5) is 0. The second-order valence-electron chi connectivity index (χ2n) is 2.56. The first-order valence-electron chi connectivity index (χ1n) is 1.85. The molecular formula is C4H11MnSi-. The normalized spacial score (nSPS) is 10.0. The van der Waals surface area contributed by atoms with Crippen molar-refractivity contribution in [1.82, 2.24) is 0 Å². The molecule has 0 aromatic heterocycles. The van der Waals surface area contributed by atoms with Crippen molar-refractivity contribution < 1.29 is 17.1 Å². The molecule has 0 rings (SSSR count). The standard InChI is InChI=1S/C4H11Si.Mn/c1-5(2,3)4;/h1H2,2-4H3;/q-1;. The fourth-order valence-electron chi connectivity index (χ4n) is 0. The molecule has 0 aliphatic carbocycles. The van der Waals surface area contributed by atoms with E-state index in [0.29, 0.717) is 0 Å². The number of rotatable bonds is 0. The van der Waals surface area contributed by atoms with Gasteiger partial charge in [0, 0.05) is 17.1 Å². The first-order chi connectivity index (χ1) is 2.00. The van der Waals surface area contributed by atoms with Gasteiger partial charge in [0.2, 0.25) is 0 Å². The van der Waals surface area contributed by atoms with E-state index in [0.717, 1.165) is 0 Å². The fourth-order valence-corrected chi connectivity index (χ4v) is 0. The van der Waals surface area contributed by atoms with Crippen molar-refractivity contribution in [3.63, 3.8) is 0 Å². The predicted octanol–water partition coefficient (Wildman–Crippen LogP) is 1.70. The van der Waals surface area contributed by atoms with Crippen molar-refractivity contribution in [2.75, 3.05) is 0 Å². The van der Waals surface area contributed by atoms with Crippen molar-refractivity contribution in [3.05, 3.63) is 6.55 Å². The summed E-state index contributed by atoms with van der Waals surface area (Å²) in [5.74, 6) is 0. The van der Waals surface area contributed by atoms with Gasteiger partial charge in [-0.05, 0) is 0 Å². The molecule has 0 aliphatic rings. The van der Waals surface area contributed by atoms with E-state index in [4.69, 9.17) is 0 Å². The molecule has 0 bridgehead atoms. The molecule has 1 radical (unpaired) electrons. The summed E-state index contributed by atoms with van der Waals surface area (Å²) in [7, 11) is -0.861. The third-order valence-corrected chi connectivity index (χ3v) is 0. The van der Waals surface area contributed by atoms with Gasteiger partial charge in [0.15, 0.2) is 0 Å². The van der Waals surface area contributed by atoms with Gasteiger partial charge >= 0.3 is 0 Å². The molecule has 0 aromatic rings. The predicted molar refractivity (Wildman–Crippen MR) is 28.7 cm³/mol. The van der Waals surface area contributed by atoms with Gasteiger partial charge in [0.25, 0.3) is 0 Å². The molecule has 0 fully saturated rings. The van der Waals surface area contributed by atoms with Crippen LogP contribution in [0.2, 0.25) is 19.6 Å². The maximum absolute atomic E-state index is 3.91. The third-order valence-electron chi connectivity index (χ3n) is 0. The van der Waals surface area contributed by atoms with Crippen LogP contribution in [0.15, 0.2) is 0 Å². The molecule has 0 amide bonds. The van der Waals surface area contributed by atoms with E-state index in [1.165, 1.54) is 0 Å². The van der Waals surface area contributed by atoms with Gasteiger partial charge in [0.05, 0.1) is 0 Å². The summed E-state index contributed by atoms with van der Waals surface area (Å²) in [5.41, 5.74) is 0. The van der Waals surface area contributed by atoms with E-state index < -0.39 is 8.07 Å².